The summed E-state index contributed by atoms with van der Waals surface area (Å²) in [6.45, 7) is 0.484. The summed E-state index contributed by atoms with van der Waals surface area (Å²) in [6, 6.07) is 8.26. The molecule has 2 N–H and O–H groups in total. The van der Waals surface area contributed by atoms with Crippen molar-refractivity contribution in [1.29, 1.82) is 0 Å². The zero-order chi connectivity index (χ0) is 16.7. The number of amides is 2. The lowest BCUT2D eigenvalue weighted by Crippen LogP contribution is -2.16. The highest BCUT2D eigenvalue weighted by molar-refractivity contribution is 9.10. The molecule has 1 aromatic heterocycles. The molecule has 0 unspecified atom stereocenters. The second-order valence-electron chi connectivity index (χ2n) is 4.43. The van der Waals surface area contributed by atoms with Gasteiger partial charge < -0.3 is 19.2 Å². The molecular weight excluding hydrogens is 368 g/mol. The minimum absolute atomic E-state index is 0.161. The Hall–Kier alpha value is -2.32. The summed E-state index contributed by atoms with van der Waals surface area (Å²) < 4.78 is 15.2. The van der Waals surface area contributed by atoms with Crippen LogP contribution in [0, 0.1) is 0 Å². The van der Waals surface area contributed by atoms with Gasteiger partial charge >= 0.3 is 6.09 Å². The summed E-state index contributed by atoms with van der Waals surface area (Å²) in [5.41, 5.74) is 1.41. The third-order valence-electron chi connectivity index (χ3n) is 2.72. The monoisotopic (exact) mass is 382 g/mol. The van der Waals surface area contributed by atoms with Gasteiger partial charge in [-0.3, -0.25) is 10.1 Å². The molecular formula is C15H15BrN2O5. The lowest BCUT2D eigenvalue weighted by molar-refractivity contribution is 0.102. The highest BCUT2D eigenvalue weighted by Gasteiger charge is 2.10. The van der Waals surface area contributed by atoms with Gasteiger partial charge in [-0.1, -0.05) is 6.07 Å². The third-order valence-corrected chi connectivity index (χ3v) is 3.13. The van der Waals surface area contributed by atoms with E-state index in [-0.39, 0.29) is 12.5 Å². The largest absolute Gasteiger partial charge is 0.457 e. The molecule has 1 heterocycles. The van der Waals surface area contributed by atoms with Crippen molar-refractivity contribution in [2.75, 3.05) is 31.0 Å². The van der Waals surface area contributed by atoms with Crippen molar-refractivity contribution in [3.63, 3.8) is 0 Å². The van der Waals surface area contributed by atoms with E-state index in [9.17, 15) is 9.59 Å². The van der Waals surface area contributed by atoms with Gasteiger partial charge in [-0.25, -0.2) is 4.79 Å². The molecule has 122 valence electrons. The molecule has 0 saturated heterocycles. The first-order valence-corrected chi connectivity index (χ1v) is 7.46. The van der Waals surface area contributed by atoms with Crippen molar-refractivity contribution in [3.05, 3.63) is 46.8 Å². The molecule has 0 bridgehead atoms. The molecule has 0 fully saturated rings. The topological polar surface area (TPSA) is 89.8 Å². The first-order chi connectivity index (χ1) is 11.1. The van der Waals surface area contributed by atoms with Crippen molar-refractivity contribution in [2.45, 2.75) is 0 Å². The minimum Gasteiger partial charge on any atom is -0.457 e. The summed E-state index contributed by atoms with van der Waals surface area (Å²) >= 11 is 3.13. The van der Waals surface area contributed by atoms with Gasteiger partial charge in [-0.05, 0) is 34.1 Å². The number of nitrogens with one attached hydrogen (secondary N) is 2. The van der Waals surface area contributed by atoms with E-state index in [0.29, 0.717) is 28.2 Å². The SMILES string of the molecule is COCCOC(=O)Nc1cccc(NC(=O)c2coc(Br)c2)c1. The molecule has 2 aromatic rings. The molecule has 2 rings (SSSR count). The zero-order valence-corrected chi connectivity index (χ0v) is 13.9. The summed E-state index contributed by atoms with van der Waals surface area (Å²) in [5, 5.41) is 5.27. The predicted molar refractivity (Wildman–Crippen MR) is 87.6 cm³/mol. The van der Waals surface area contributed by atoms with Gasteiger partial charge in [0.2, 0.25) is 0 Å². The van der Waals surface area contributed by atoms with Crippen molar-refractivity contribution in [2.24, 2.45) is 0 Å². The van der Waals surface area contributed by atoms with Crippen molar-refractivity contribution in [3.8, 4) is 0 Å². The lowest BCUT2D eigenvalue weighted by atomic mass is 10.2. The summed E-state index contributed by atoms with van der Waals surface area (Å²) in [4.78, 5) is 23.6. The fourth-order valence-corrected chi connectivity index (χ4v) is 2.02. The van der Waals surface area contributed by atoms with E-state index in [1.54, 1.807) is 30.3 Å². The number of benzene rings is 1. The first-order valence-electron chi connectivity index (χ1n) is 6.66. The van der Waals surface area contributed by atoms with E-state index >= 15 is 0 Å². The van der Waals surface area contributed by atoms with Gasteiger partial charge in [0.25, 0.3) is 5.91 Å². The normalized spacial score (nSPS) is 10.2. The van der Waals surface area contributed by atoms with Gasteiger partial charge in [0.15, 0.2) is 4.67 Å². The number of hydrogen-bond donors (Lipinski definition) is 2. The van der Waals surface area contributed by atoms with Gasteiger partial charge in [-0.15, -0.1) is 0 Å². The fraction of sp³-hybridized carbons (Fsp3) is 0.200. The third kappa shape index (κ3) is 5.42. The van der Waals surface area contributed by atoms with E-state index in [1.165, 1.54) is 13.4 Å². The predicted octanol–water partition coefficient (Wildman–Crippen LogP) is 3.49. The van der Waals surface area contributed by atoms with Crippen molar-refractivity contribution in [1.82, 2.24) is 0 Å². The Balaban J connectivity index is 1.94. The molecule has 0 aliphatic carbocycles. The molecule has 2 amide bonds. The number of methoxy groups -OCH3 is 1. The van der Waals surface area contributed by atoms with Gasteiger partial charge in [0, 0.05) is 24.6 Å². The maximum Gasteiger partial charge on any atom is 0.411 e. The Labute approximate surface area is 141 Å². The minimum atomic E-state index is -0.593. The molecule has 0 saturated carbocycles. The number of anilines is 2. The first kappa shape index (κ1) is 17.0. The second-order valence-corrected chi connectivity index (χ2v) is 5.21. The smallest absolute Gasteiger partial charge is 0.411 e. The molecule has 0 radical (unpaired) electrons. The van der Waals surface area contributed by atoms with E-state index in [4.69, 9.17) is 13.9 Å². The number of carbonyl (C=O) groups is 2. The van der Waals surface area contributed by atoms with Crippen LogP contribution in [0.1, 0.15) is 10.4 Å². The quantitative estimate of drug-likeness (QED) is 0.746. The van der Waals surface area contributed by atoms with Crippen LogP contribution in [0.15, 0.2) is 45.7 Å². The van der Waals surface area contributed by atoms with Crippen LogP contribution in [0.5, 0.6) is 0 Å². The van der Waals surface area contributed by atoms with Gasteiger partial charge in [0.05, 0.1) is 12.2 Å². The number of furan rings is 1. The number of rotatable bonds is 6. The van der Waals surface area contributed by atoms with Crippen LogP contribution in [-0.2, 0) is 9.47 Å². The molecule has 0 aliphatic rings. The average Bonchev–Trinajstić information content (AvgIpc) is 2.94. The Morgan fingerprint density at radius 1 is 1.17 bits per heavy atom. The van der Waals surface area contributed by atoms with E-state index in [0.717, 1.165) is 0 Å². The van der Waals surface area contributed by atoms with E-state index in [1.807, 2.05) is 0 Å². The fourth-order valence-electron chi connectivity index (χ4n) is 1.68. The number of halogens is 1. The number of hydrogen-bond acceptors (Lipinski definition) is 5. The maximum atomic E-state index is 12.0. The van der Waals surface area contributed by atoms with E-state index < -0.39 is 6.09 Å². The Kier molecular flexibility index (Phi) is 6.19. The summed E-state index contributed by atoms with van der Waals surface area (Å²) in [6.07, 6.45) is 0.749. The van der Waals surface area contributed by atoms with Gasteiger partial charge in [0.1, 0.15) is 12.9 Å². The number of carbonyl (C=O) groups excluding carboxylic acids is 2. The molecule has 0 atom stereocenters. The van der Waals surface area contributed by atoms with E-state index in [2.05, 4.69) is 26.6 Å². The Morgan fingerprint density at radius 3 is 2.57 bits per heavy atom. The maximum absolute atomic E-state index is 12.0. The van der Waals surface area contributed by atoms with Crippen molar-refractivity contribution >= 4 is 39.3 Å². The highest BCUT2D eigenvalue weighted by atomic mass is 79.9. The van der Waals surface area contributed by atoms with Gasteiger partial charge in [-0.2, -0.15) is 0 Å². The second kappa shape index (κ2) is 8.35. The number of ether oxygens (including phenoxy) is 2. The zero-order valence-electron chi connectivity index (χ0n) is 12.3. The average molecular weight is 383 g/mol. The van der Waals surface area contributed by atoms with Crippen LogP contribution in [0.25, 0.3) is 0 Å². The Morgan fingerprint density at radius 2 is 1.91 bits per heavy atom. The highest BCUT2D eigenvalue weighted by Crippen LogP contribution is 2.18. The molecule has 7 nitrogen and oxygen atoms in total. The molecule has 1 aromatic carbocycles. The Bertz CT molecular complexity index is 686. The van der Waals surface area contributed by atoms with Crippen LogP contribution in [0.4, 0.5) is 16.2 Å². The molecule has 23 heavy (non-hydrogen) atoms. The van der Waals surface area contributed by atoms with Crippen LogP contribution >= 0.6 is 15.9 Å². The van der Waals surface area contributed by atoms with Crippen LogP contribution < -0.4 is 10.6 Å². The van der Waals surface area contributed by atoms with Crippen LogP contribution in [0.2, 0.25) is 0 Å². The standard InChI is InChI=1S/C15H15BrN2O5/c1-21-5-6-22-15(20)18-12-4-2-3-11(8-12)17-14(19)10-7-13(16)23-9-10/h2-4,7-9H,5-6H2,1H3,(H,17,19)(H,18,20). The lowest BCUT2D eigenvalue weighted by Gasteiger charge is -2.09. The molecule has 8 heteroatoms. The van der Waals surface area contributed by atoms with Crippen molar-refractivity contribution < 1.29 is 23.5 Å². The summed E-state index contributed by atoms with van der Waals surface area (Å²) in [7, 11) is 1.52. The molecule has 0 aliphatic heterocycles. The van der Waals surface area contributed by atoms with Crippen LogP contribution in [0.3, 0.4) is 0 Å². The molecule has 0 spiro atoms. The van der Waals surface area contributed by atoms with Crippen LogP contribution in [-0.4, -0.2) is 32.3 Å². The summed E-state index contributed by atoms with van der Waals surface area (Å²) in [5.74, 6) is -0.320.